The molecule has 0 aromatic heterocycles. The van der Waals surface area contributed by atoms with Crippen LogP contribution in [0.5, 0.6) is 0 Å². The fourth-order valence-corrected chi connectivity index (χ4v) is 2.43. The first kappa shape index (κ1) is 11.3. The maximum Gasteiger partial charge on any atom is 0.223 e. The van der Waals surface area contributed by atoms with Crippen LogP contribution in [0.3, 0.4) is 0 Å². The summed E-state index contributed by atoms with van der Waals surface area (Å²) < 4.78 is 0. The predicted octanol–water partition coefficient (Wildman–Crippen LogP) is 2.80. The van der Waals surface area contributed by atoms with E-state index in [2.05, 4.69) is 26.8 Å². The number of carbonyl (C=O) groups excluding carboxylic acids is 1. The summed E-state index contributed by atoms with van der Waals surface area (Å²) in [4.78, 5) is 13.3. The van der Waals surface area contributed by atoms with E-state index in [1.54, 1.807) is 6.92 Å². The molecular weight excluding hydrogens is 174 g/mol. The Morgan fingerprint density at radius 1 is 1.64 bits per heavy atom. The van der Waals surface area contributed by atoms with Crippen LogP contribution in [0.4, 0.5) is 0 Å². The minimum atomic E-state index is 0.156. The molecule has 1 atom stereocenters. The van der Waals surface area contributed by atoms with Crippen LogP contribution in [0.2, 0.25) is 0 Å². The molecule has 0 N–H and O–H groups in total. The van der Waals surface area contributed by atoms with Gasteiger partial charge in [-0.3, -0.25) is 4.79 Å². The van der Waals surface area contributed by atoms with Gasteiger partial charge < -0.3 is 4.90 Å². The van der Waals surface area contributed by atoms with Crippen LogP contribution in [-0.4, -0.2) is 17.4 Å². The molecular formula is C12H21NO. The van der Waals surface area contributed by atoms with Gasteiger partial charge in [0.2, 0.25) is 5.91 Å². The van der Waals surface area contributed by atoms with Gasteiger partial charge in [0.05, 0.1) is 0 Å². The lowest BCUT2D eigenvalue weighted by Gasteiger charge is -2.23. The molecule has 0 aliphatic heterocycles. The van der Waals surface area contributed by atoms with Gasteiger partial charge in [-0.1, -0.05) is 26.8 Å². The second kappa shape index (κ2) is 3.76. The molecule has 0 aromatic carbocycles. The van der Waals surface area contributed by atoms with Gasteiger partial charge in [-0.2, -0.15) is 0 Å². The minimum absolute atomic E-state index is 0.156. The smallest absolute Gasteiger partial charge is 0.223 e. The van der Waals surface area contributed by atoms with Gasteiger partial charge >= 0.3 is 0 Å². The summed E-state index contributed by atoms with van der Waals surface area (Å²) >= 11 is 0. The van der Waals surface area contributed by atoms with Crippen LogP contribution in [0.15, 0.2) is 11.8 Å². The van der Waals surface area contributed by atoms with Crippen molar-refractivity contribution >= 4 is 5.91 Å². The third-order valence-corrected chi connectivity index (χ3v) is 2.88. The lowest BCUT2D eigenvalue weighted by Crippen LogP contribution is -2.29. The Hall–Kier alpha value is -0.790. The third-order valence-electron chi connectivity index (χ3n) is 2.88. The van der Waals surface area contributed by atoms with E-state index in [9.17, 15) is 4.79 Å². The zero-order valence-corrected chi connectivity index (χ0v) is 9.92. The van der Waals surface area contributed by atoms with Gasteiger partial charge in [-0.25, -0.2) is 0 Å². The predicted molar refractivity (Wildman–Crippen MR) is 58.7 cm³/mol. The highest BCUT2D eigenvalue weighted by molar-refractivity contribution is 5.75. The molecule has 1 rings (SSSR count). The second-order valence-corrected chi connectivity index (χ2v) is 4.93. The fourth-order valence-electron chi connectivity index (χ4n) is 2.43. The third kappa shape index (κ3) is 2.17. The molecule has 0 bridgehead atoms. The normalized spacial score (nSPS) is 24.6. The Morgan fingerprint density at radius 2 is 2.21 bits per heavy atom. The summed E-state index contributed by atoms with van der Waals surface area (Å²) in [6.45, 7) is 11.1. The lowest BCUT2D eigenvalue weighted by atomic mass is 9.91. The second-order valence-electron chi connectivity index (χ2n) is 4.93. The van der Waals surface area contributed by atoms with Crippen molar-refractivity contribution in [2.45, 2.75) is 41.0 Å². The number of nitrogens with zero attached hydrogens (tertiary/aromatic N) is 1. The Bertz CT molecular complexity index is 265. The zero-order valence-electron chi connectivity index (χ0n) is 9.92. The van der Waals surface area contributed by atoms with Crippen molar-refractivity contribution in [3.63, 3.8) is 0 Å². The number of hydrogen-bond acceptors (Lipinski definition) is 1. The highest BCUT2D eigenvalue weighted by Gasteiger charge is 2.32. The summed E-state index contributed by atoms with van der Waals surface area (Å²) in [5.41, 5.74) is 1.46. The number of amides is 1. The summed E-state index contributed by atoms with van der Waals surface area (Å²) in [5, 5.41) is 0. The van der Waals surface area contributed by atoms with E-state index in [1.807, 2.05) is 11.8 Å². The molecule has 0 saturated carbocycles. The summed E-state index contributed by atoms with van der Waals surface area (Å²) in [5.74, 6) is 0.664. The van der Waals surface area contributed by atoms with Crippen LogP contribution in [-0.2, 0) is 4.79 Å². The van der Waals surface area contributed by atoms with Gasteiger partial charge in [0.1, 0.15) is 0 Å². The Balaban J connectivity index is 2.91. The van der Waals surface area contributed by atoms with E-state index in [4.69, 9.17) is 0 Å². The molecule has 0 radical (unpaired) electrons. The molecule has 14 heavy (non-hydrogen) atoms. The monoisotopic (exact) mass is 195 g/mol. The molecule has 2 heteroatoms. The molecule has 80 valence electrons. The van der Waals surface area contributed by atoms with Crippen molar-refractivity contribution in [3.05, 3.63) is 11.8 Å². The maximum atomic E-state index is 11.4. The van der Waals surface area contributed by atoms with Crippen molar-refractivity contribution < 1.29 is 4.79 Å². The van der Waals surface area contributed by atoms with Crippen LogP contribution in [0, 0.1) is 11.3 Å². The topological polar surface area (TPSA) is 20.3 Å². The summed E-state index contributed by atoms with van der Waals surface area (Å²) in [7, 11) is 0. The molecule has 0 fully saturated rings. The molecule has 0 heterocycles. The van der Waals surface area contributed by atoms with E-state index in [0.29, 0.717) is 5.92 Å². The maximum absolute atomic E-state index is 11.4. The standard InChI is InChI=1S/C12H21NO/c1-6-13(10(3)14)11-8-12(4,5)7-9(11)2/h8-9H,6-7H2,1-5H3. The first-order chi connectivity index (χ1) is 6.37. The van der Waals surface area contributed by atoms with Crippen LogP contribution in [0.25, 0.3) is 0 Å². The van der Waals surface area contributed by atoms with Crippen LogP contribution in [0.1, 0.15) is 41.0 Å². The first-order valence-corrected chi connectivity index (χ1v) is 5.38. The average molecular weight is 195 g/mol. The Morgan fingerprint density at radius 3 is 2.50 bits per heavy atom. The molecule has 0 aromatic rings. The quantitative estimate of drug-likeness (QED) is 0.663. The number of hydrogen-bond donors (Lipinski definition) is 0. The van der Waals surface area contributed by atoms with Crippen molar-refractivity contribution in [1.29, 1.82) is 0 Å². The zero-order chi connectivity index (χ0) is 10.9. The SMILES string of the molecule is CCN(C(C)=O)C1=CC(C)(C)CC1C. The highest BCUT2D eigenvalue weighted by atomic mass is 16.2. The molecule has 1 aliphatic carbocycles. The van der Waals surface area contributed by atoms with Gasteiger partial charge in [0.25, 0.3) is 0 Å². The van der Waals surface area contributed by atoms with Crippen molar-refractivity contribution in [2.75, 3.05) is 6.54 Å². The van der Waals surface area contributed by atoms with E-state index in [1.165, 1.54) is 5.70 Å². The van der Waals surface area contributed by atoms with E-state index >= 15 is 0 Å². The molecule has 0 saturated heterocycles. The number of rotatable bonds is 2. The van der Waals surface area contributed by atoms with Crippen molar-refractivity contribution in [2.24, 2.45) is 11.3 Å². The number of carbonyl (C=O) groups is 1. The largest absolute Gasteiger partial charge is 0.317 e. The first-order valence-electron chi connectivity index (χ1n) is 5.38. The summed E-state index contributed by atoms with van der Waals surface area (Å²) in [6.07, 6.45) is 3.40. The fraction of sp³-hybridized carbons (Fsp3) is 0.750. The highest BCUT2D eigenvalue weighted by Crippen LogP contribution is 2.40. The lowest BCUT2D eigenvalue weighted by molar-refractivity contribution is -0.127. The Labute approximate surface area is 87.0 Å². The van der Waals surface area contributed by atoms with Gasteiger partial charge in [0, 0.05) is 19.2 Å². The van der Waals surface area contributed by atoms with Gasteiger partial charge in [0.15, 0.2) is 0 Å². The molecule has 1 unspecified atom stereocenters. The minimum Gasteiger partial charge on any atom is -0.317 e. The molecule has 0 spiro atoms. The molecule has 1 amide bonds. The summed E-state index contributed by atoms with van der Waals surface area (Å²) in [6, 6.07) is 0. The van der Waals surface area contributed by atoms with Crippen LogP contribution < -0.4 is 0 Å². The van der Waals surface area contributed by atoms with E-state index < -0.39 is 0 Å². The van der Waals surface area contributed by atoms with Gasteiger partial charge in [-0.05, 0) is 24.7 Å². The van der Waals surface area contributed by atoms with Crippen molar-refractivity contribution in [3.8, 4) is 0 Å². The van der Waals surface area contributed by atoms with Crippen molar-refractivity contribution in [1.82, 2.24) is 4.90 Å². The van der Waals surface area contributed by atoms with Gasteiger partial charge in [-0.15, -0.1) is 0 Å². The molecule has 2 nitrogen and oxygen atoms in total. The average Bonchev–Trinajstić information content (AvgIpc) is 2.26. The van der Waals surface area contributed by atoms with E-state index in [0.717, 1.165) is 13.0 Å². The van der Waals surface area contributed by atoms with E-state index in [-0.39, 0.29) is 11.3 Å². The van der Waals surface area contributed by atoms with Crippen LogP contribution >= 0.6 is 0 Å². The molecule has 1 aliphatic rings. The Kier molecular flexibility index (Phi) is 3.03. The number of allylic oxidation sites excluding steroid dienone is 2.